The molecule has 0 spiro atoms. The second-order valence-electron chi connectivity index (χ2n) is 13.0. The zero-order valence-electron chi connectivity index (χ0n) is 33.1. The Balaban J connectivity index is 1.61. The van der Waals surface area contributed by atoms with Crippen molar-refractivity contribution >= 4 is 36.0 Å². The maximum absolute atomic E-state index is 14.7. The highest BCUT2D eigenvalue weighted by atomic mass is 19.4. The molecule has 0 heterocycles. The van der Waals surface area contributed by atoms with Gasteiger partial charge in [-0.15, -0.1) is 0 Å². The largest absolute Gasteiger partial charge is 0.493 e. The van der Waals surface area contributed by atoms with E-state index in [1.54, 1.807) is 0 Å². The molecule has 3 aromatic carbocycles. The Kier molecular flexibility index (Phi) is 19.9. The standard InChI is InChI=1S/C44H42F8O10/c1-3-37(53)59-25-11-7-5-9-23-57-31-17-15-30(32(45)28-31)16-22-40(56)62-36-20-19-35(41(43(47,48)49)42(36)44(50,51)52)61-39(55)21-14-29-13-18-34(33(46)27-29)58-24-10-6-8-12-26-60-38(54)4-2/h3-4,13-22,27-28H,1-2,5-12,23-26H2/b21-14+,22-16+. The Labute approximate surface area is 351 Å². The van der Waals surface area contributed by atoms with Crippen LogP contribution in [-0.2, 0) is 41.0 Å². The van der Waals surface area contributed by atoms with Crippen LogP contribution in [0.15, 0.2) is 86.0 Å². The predicted octanol–water partition coefficient (Wildman–Crippen LogP) is 10.6. The highest BCUT2D eigenvalue weighted by Crippen LogP contribution is 2.49. The second-order valence-corrected chi connectivity index (χ2v) is 13.0. The maximum atomic E-state index is 14.7. The van der Waals surface area contributed by atoms with Crippen LogP contribution in [0.1, 0.15) is 73.6 Å². The van der Waals surface area contributed by atoms with Crippen LogP contribution in [-0.4, -0.2) is 50.3 Å². The summed E-state index contributed by atoms with van der Waals surface area (Å²) in [5.74, 6) is -9.10. The van der Waals surface area contributed by atoms with Gasteiger partial charge in [0, 0.05) is 35.9 Å². The lowest BCUT2D eigenvalue weighted by Crippen LogP contribution is -2.21. The fourth-order valence-corrected chi connectivity index (χ4v) is 5.33. The van der Waals surface area contributed by atoms with Gasteiger partial charge in [0.2, 0.25) is 0 Å². The first-order chi connectivity index (χ1) is 29.4. The van der Waals surface area contributed by atoms with Gasteiger partial charge in [0.05, 0.1) is 26.4 Å². The predicted molar refractivity (Wildman–Crippen MR) is 209 cm³/mol. The second kappa shape index (κ2) is 24.7. The molecule has 0 radical (unpaired) electrons. The van der Waals surface area contributed by atoms with Crippen molar-refractivity contribution in [1.82, 2.24) is 0 Å². The Morgan fingerprint density at radius 1 is 0.516 bits per heavy atom. The van der Waals surface area contributed by atoms with E-state index >= 15 is 0 Å². The van der Waals surface area contributed by atoms with Gasteiger partial charge in [-0.05, 0) is 105 Å². The van der Waals surface area contributed by atoms with E-state index in [4.69, 9.17) is 18.9 Å². The number of carbonyl (C=O) groups excluding carboxylic acids is 4. The quantitative estimate of drug-likeness (QED) is 0.0282. The van der Waals surface area contributed by atoms with Gasteiger partial charge in [0.25, 0.3) is 0 Å². The number of alkyl halides is 6. The first-order valence-electron chi connectivity index (χ1n) is 19.0. The average molecular weight is 883 g/mol. The van der Waals surface area contributed by atoms with E-state index in [1.807, 2.05) is 0 Å². The molecule has 0 atom stereocenters. The SMILES string of the molecule is C=CC(=O)OCCCCCCOc1ccc(/C=C/C(=O)Oc2ccc(OC(=O)/C=C/c3ccc(OCCCCCCOC(=O)C=C)c(F)c3)c(C(F)(F)F)c2C(F)(F)F)c(F)c1. The molecule has 10 nitrogen and oxygen atoms in total. The molecule has 18 heteroatoms. The van der Waals surface area contributed by atoms with Crippen LogP contribution >= 0.6 is 0 Å². The zero-order valence-corrected chi connectivity index (χ0v) is 33.1. The van der Waals surface area contributed by atoms with E-state index in [9.17, 15) is 54.3 Å². The van der Waals surface area contributed by atoms with Crippen molar-refractivity contribution in [2.45, 2.75) is 63.7 Å². The van der Waals surface area contributed by atoms with Crippen LogP contribution in [0.25, 0.3) is 12.2 Å². The molecule has 0 aliphatic rings. The summed E-state index contributed by atoms with van der Waals surface area (Å²) in [6, 6.07) is 7.68. The first kappa shape index (κ1) is 49.9. The van der Waals surface area contributed by atoms with Gasteiger partial charge >= 0.3 is 36.2 Å². The average Bonchev–Trinajstić information content (AvgIpc) is 3.21. The normalized spacial score (nSPS) is 11.6. The van der Waals surface area contributed by atoms with Crippen molar-refractivity contribution in [3.63, 3.8) is 0 Å². The van der Waals surface area contributed by atoms with Crippen LogP contribution < -0.4 is 18.9 Å². The van der Waals surface area contributed by atoms with Crippen molar-refractivity contribution in [1.29, 1.82) is 0 Å². The molecule has 0 amide bonds. The Hall–Kier alpha value is -6.46. The molecule has 3 aromatic rings. The molecule has 0 N–H and O–H groups in total. The number of hydrogen-bond acceptors (Lipinski definition) is 10. The van der Waals surface area contributed by atoms with E-state index in [0.717, 1.165) is 55.7 Å². The summed E-state index contributed by atoms with van der Waals surface area (Å²) < 4.78 is 144. The summed E-state index contributed by atoms with van der Waals surface area (Å²) in [5, 5.41) is 0. The number of esters is 4. The molecule has 0 aliphatic carbocycles. The van der Waals surface area contributed by atoms with E-state index in [-0.39, 0.29) is 49.1 Å². The molecular weight excluding hydrogens is 840 g/mol. The van der Waals surface area contributed by atoms with E-state index in [2.05, 4.69) is 22.6 Å². The summed E-state index contributed by atoms with van der Waals surface area (Å²) in [5.41, 5.74) is -5.15. The van der Waals surface area contributed by atoms with Crippen LogP contribution in [0, 0.1) is 11.6 Å². The monoisotopic (exact) mass is 882 g/mol. The molecule has 334 valence electrons. The number of ether oxygens (including phenoxy) is 6. The Morgan fingerprint density at radius 2 is 0.984 bits per heavy atom. The molecule has 0 bridgehead atoms. The number of rotatable bonds is 24. The number of carbonyl (C=O) groups is 4. The van der Waals surface area contributed by atoms with Gasteiger partial charge in [-0.25, -0.2) is 28.0 Å². The summed E-state index contributed by atoms with van der Waals surface area (Å²) >= 11 is 0. The topological polar surface area (TPSA) is 124 Å². The third-order valence-electron chi connectivity index (χ3n) is 8.28. The van der Waals surface area contributed by atoms with Crippen molar-refractivity contribution < 1.29 is 82.7 Å². The number of benzene rings is 3. The van der Waals surface area contributed by atoms with Crippen molar-refractivity contribution in [3.8, 4) is 23.0 Å². The lowest BCUT2D eigenvalue weighted by Gasteiger charge is -2.21. The smallest absolute Gasteiger partial charge is 0.420 e. The van der Waals surface area contributed by atoms with Crippen molar-refractivity contribution in [3.05, 3.63) is 120 Å². The maximum Gasteiger partial charge on any atom is 0.420 e. The van der Waals surface area contributed by atoms with Crippen molar-refractivity contribution in [2.75, 3.05) is 26.4 Å². The third kappa shape index (κ3) is 17.3. The fourth-order valence-electron chi connectivity index (χ4n) is 5.33. The van der Waals surface area contributed by atoms with Crippen molar-refractivity contribution in [2.24, 2.45) is 0 Å². The molecular formula is C44H42F8O10. The van der Waals surface area contributed by atoms with Crippen LogP contribution in [0.4, 0.5) is 35.1 Å². The lowest BCUT2D eigenvalue weighted by molar-refractivity contribution is -0.164. The Morgan fingerprint density at radius 3 is 1.45 bits per heavy atom. The molecule has 0 unspecified atom stereocenters. The molecule has 0 saturated heterocycles. The van der Waals surface area contributed by atoms with E-state index in [0.29, 0.717) is 56.4 Å². The fraction of sp³-hybridized carbons (Fsp3) is 0.318. The molecule has 0 aliphatic heterocycles. The minimum atomic E-state index is -5.80. The van der Waals surface area contributed by atoms with Crippen LogP contribution in [0.3, 0.4) is 0 Å². The van der Waals surface area contributed by atoms with Gasteiger partial charge in [0.15, 0.2) is 11.6 Å². The van der Waals surface area contributed by atoms with Gasteiger partial charge in [0.1, 0.15) is 34.2 Å². The third-order valence-corrected chi connectivity index (χ3v) is 8.28. The van der Waals surface area contributed by atoms with Gasteiger partial charge in [-0.2, -0.15) is 26.3 Å². The summed E-state index contributed by atoms with van der Waals surface area (Å²) in [6.07, 6.45) is -1.40. The Bertz CT molecular complexity index is 2090. The molecule has 0 aromatic heterocycles. The summed E-state index contributed by atoms with van der Waals surface area (Å²) in [4.78, 5) is 47.0. The van der Waals surface area contributed by atoms with Gasteiger partial charge in [-0.1, -0.05) is 19.2 Å². The minimum absolute atomic E-state index is 0.0257. The van der Waals surface area contributed by atoms with E-state index < -0.39 is 70.5 Å². The minimum Gasteiger partial charge on any atom is -0.493 e. The lowest BCUT2D eigenvalue weighted by atomic mass is 10.0. The number of unbranched alkanes of at least 4 members (excludes halogenated alkanes) is 6. The zero-order chi connectivity index (χ0) is 45.7. The van der Waals surface area contributed by atoms with Gasteiger partial charge in [-0.3, -0.25) is 0 Å². The molecule has 0 fully saturated rings. The van der Waals surface area contributed by atoms with Crippen LogP contribution in [0.2, 0.25) is 0 Å². The molecule has 3 rings (SSSR count). The molecule has 0 saturated carbocycles. The first-order valence-corrected chi connectivity index (χ1v) is 19.0. The highest BCUT2D eigenvalue weighted by molar-refractivity contribution is 5.90. The summed E-state index contributed by atoms with van der Waals surface area (Å²) in [7, 11) is 0. The number of halogens is 8. The summed E-state index contributed by atoms with van der Waals surface area (Å²) in [6.45, 7) is 7.42. The number of hydrogen-bond donors (Lipinski definition) is 0. The van der Waals surface area contributed by atoms with Crippen LogP contribution in [0.5, 0.6) is 23.0 Å². The highest BCUT2D eigenvalue weighted by Gasteiger charge is 2.48. The van der Waals surface area contributed by atoms with Gasteiger partial charge < -0.3 is 28.4 Å². The van der Waals surface area contributed by atoms with E-state index in [1.165, 1.54) is 24.3 Å². The molecule has 62 heavy (non-hydrogen) atoms.